The summed E-state index contributed by atoms with van der Waals surface area (Å²) in [6.45, 7) is 5.92. The molecule has 0 aromatic rings. The maximum absolute atomic E-state index is 11.9. The van der Waals surface area contributed by atoms with Crippen LogP contribution in [0.15, 0.2) is 0 Å². The van der Waals surface area contributed by atoms with Crippen molar-refractivity contribution in [3.05, 3.63) is 0 Å². The van der Waals surface area contributed by atoms with E-state index in [4.69, 9.17) is 4.74 Å². The molecule has 1 fully saturated rings. The standard InChI is InChI=1S/C14H25N3O4/c1-3-5-8-21-13(19)9-11-14(20)16-6-7-17(11)10-12(18)15-4-2/h11H,3-10H2,1-2H3,(H,15,18)(H,16,20). The van der Waals surface area contributed by atoms with Gasteiger partial charge in [-0.1, -0.05) is 13.3 Å². The van der Waals surface area contributed by atoms with E-state index in [-0.39, 0.29) is 24.8 Å². The lowest BCUT2D eigenvalue weighted by Crippen LogP contribution is -2.58. The molecule has 2 N–H and O–H groups in total. The Morgan fingerprint density at radius 1 is 1.43 bits per heavy atom. The smallest absolute Gasteiger partial charge is 0.307 e. The first kappa shape index (κ1) is 17.4. The molecule has 7 nitrogen and oxygen atoms in total. The number of hydrogen-bond donors (Lipinski definition) is 2. The summed E-state index contributed by atoms with van der Waals surface area (Å²) in [5, 5.41) is 5.41. The van der Waals surface area contributed by atoms with Crippen LogP contribution in [-0.2, 0) is 19.1 Å². The largest absolute Gasteiger partial charge is 0.466 e. The van der Waals surface area contributed by atoms with Gasteiger partial charge in [0.15, 0.2) is 0 Å². The van der Waals surface area contributed by atoms with Crippen LogP contribution in [0.4, 0.5) is 0 Å². The molecule has 0 aliphatic carbocycles. The number of nitrogens with one attached hydrogen (secondary N) is 2. The fraction of sp³-hybridized carbons (Fsp3) is 0.786. The molecule has 1 saturated heterocycles. The Morgan fingerprint density at radius 2 is 2.19 bits per heavy atom. The van der Waals surface area contributed by atoms with E-state index in [1.54, 1.807) is 4.90 Å². The van der Waals surface area contributed by atoms with Crippen LogP contribution in [0.25, 0.3) is 0 Å². The normalized spacial score (nSPS) is 19.0. The maximum atomic E-state index is 11.9. The lowest BCUT2D eigenvalue weighted by atomic mass is 10.1. The number of carbonyl (C=O) groups is 3. The van der Waals surface area contributed by atoms with Crippen LogP contribution < -0.4 is 10.6 Å². The summed E-state index contributed by atoms with van der Waals surface area (Å²) in [6, 6.07) is -0.629. The van der Waals surface area contributed by atoms with Crippen LogP contribution in [0.1, 0.15) is 33.1 Å². The second-order valence-electron chi connectivity index (χ2n) is 5.01. The van der Waals surface area contributed by atoms with E-state index in [9.17, 15) is 14.4 Å². The van der Waals surface area contributed by atoms with Crippen molar-refractivity contribution in [3.63, 3.8) is 0 Å². The van der Waals surface area contributed by atoms with E-state index in [0.29, 0.717) is 26.2 Å². The zero-order valence-electron chi connectivity index (χ0n) is 12.8. The molecule has 1 aliphatic rings. The Labute approximate surface area is 125 Å². The molecular formula is C14H25N3O4. The van der Waals surface area contributed by atoms with E-state index in [1.807, 2.05) is 13.8 Å². The summed E-state index contributed by atoms with van der Waals surface area (Å²) >= 11 is 0. The average molecular weight is 299 g/mol. The van der Waals surface area contributed by atoms with Crippen LogP contribution in [0.5, 0.6) is 0 Å². The lowest BCUT2D eigenvalue weighted by Gasteiger charge is -2.33. The van der Waals surface area contributed by atoms with Crippen molar-refractivity contribution in [2.24, 2.45) is 0 Å². The number of likely N-dealkylation sites (N-methyl/N-ethyl adjacent to an activating group) is 1. The zero-order chi connectivity index (χ0) is 15.7. The van der Waals surface area contributed by atoms with Crippen molar-refractivity contribution in [1.29, 1.82) is 0 Å². The SMILES string of the molecule is CCCCOC(=O)CC1C(=O)NCCN1CC(=O)NCC. The van der Waals surface area contributed by atoms with Crippen molar-refractivity contribution in [2.45, 2.75) is 39.2 Å². The average Bonchev–Trinajstić information content (AvgIpc) is 2.43. The Morgan fingerprint density at radius 3 is 2.86 bits per heavy atom. The highest BCUT2D eigenvalue weighted by Gasteiger charge is 2.33. The summed E-state index contributed by atoms with van der Waals surface area (Å²) in [5.41, 5.74) is 0. The number of esters is 1. The molecular weight excluding hydrogens is 274 g/mol. The number of carbonyl (C=O) groups excluding carboxylic acids is 3. The Kier molecular flexibility index (Phi) is 7.74. The first-order valence-corrected chi connectivity index (χ1v) is 7.52. The maximum Gasteiger partial charge on any atom is 0.307 e. The second kappa shape index (κ2) is 9.33. The molecule has 0 aromatic carbocycles. The van der Waals surface area contributed by atoms with Gasteiger partial charge in [-0.05, 0) is 13.3 Å². The molecule has 0 spiro atoms. The minimum atomic E-state index is -0.629. The van der Waals surface area contributed by atoms with Gasteiger partial charge in [-0.2, -0.15) is 0 Å². The summed E-state index contributed by atoms with van der Waals surface area (Å²) < 4.78 is 5.09. The fourth-order valence-corrected chi connectivity index (χ4v) is 2.16. The highest BCUT2D eigenvalue weighted by Crippen LogP contribution is 2.10. The monoisotopic (exact) mass is 299 g/mol. The minimum Gasteiger partial charge on any atom is -0.466 e. The number of hydrogen-bond acceptors (Lipinski definition) is 5. The van der Waals surface area contributed by atoms with E-state index >= 15 is 0 Å². The molecule has 1 heterocycles. The summed E-state index contributed by atoms with van der Waals surface area (Å²) in [6.07, 6.45) is 1.74. The van der Waals surface area contributed by atoms with Crippen LogP contribution in [0.2, 0.25) is 0 Å². The molecule has 1 atom stereocenters. The van der Waals surface area contributed by atoms with Gasteiger partial charge in [-0.3, -0.25) is 19.3 Å². The van der Waals surface area contributed by atoms with E-state index in [2.05, 4.69) is 10.6 Å². The third-order valence-corrected chi connectivity index (χ3v) is 3.28. The molecule has 120 valence electrons. The van der Waals surface area contributed by atoms with Crippen LogP contribution in [0, 0.1) is 0 Å². The zero-order valence-corrected chi connectivity index (χ0v) is 12.8. The van der Waals surface area contributed by atoms with E-state index in [0.717, 1.165) is 12.8 Å². The number of nitrogens with zero attached hydrogens (tertiary/aromatic N) is 1. The lowest BCUT2D eigenvalue weighted by molar-refractivity contribution is -0.149. The molecule has 0 saturated carbocycles. The first-order valence-electron chi connectivity index (χ1n) is 7.52. The van der Waals surface area contributed by atoms with E-state index < -0.39 is 12.0 Å². The predicted molar refractivity (Wildman–Crippen MR) is 77.5 cm³/mol. The number of unbranched alkanes of at least 4 members (excludes halogenated alkanes) is 1. The van der Waals surface area contributed by atoms with Gasteiger partial charge in [0.2, 0.25) is 11.8 Å². The highest BCUT2D eigenvalue weighted by atomic mass is 16.5. The Balaban J connectivity index is 2.53. The quantitative estimate of drug-likeness (QED) is 0.473. The number of piperazine rings is 1. The topological polar surface area (TPSA) is 87.7 Å². The predicted octanol–water partition coefficient (Wildman–Crippen LogP) is -0.344. The first-order chi connectivity index (χ1) is 10.1. The van der Waals surface area contributed by atoms with Gasteiger partial charge in [-0.25, -0.2) is 0 Å². The molecule has 1 rings (SSSR count). The summed E-state index contributed by atoms with van der Waals surface area (Å²) in [4.78, 5) is 37.1. The molecule has 2 amide bonds. The second-order valence-corrected chi connectivity index (χ2v) is 5.01. The summed E-state index contributed by atoms with van der Waals surface area (Å²) in [7, 11) is 0. The van der Waals surface area contributed by atoms with Crippen molar-refractivity contribution in [3.8, 4) is 0 Å². The van der Waals surface area contributed by atoms with Crippen LogP contribution in [-0.4, -0.2) is 61.5 Å². The molecule has 1 aliphatic heterocycles. The highest BCUT2D eigenvalue weighted by molar-refractivity contribution is 5.88. The fourth-order valence-electron chi connectivity index (χ4n) is 2.16. The van der Waals surface area contributed by atoms with Crippen LogP contribution in [0.3, 0.4) is 0 Å². The minimum absolute atomic E-state index is 0.0189. The third-order valence-electron chi connectivity index (χ3n) is 3.28. The number of amides is 2. The number of ether oxygens (including phenoxy) is 1. The molecule has 1 unspecified atom stereocenters. The number of rotatable bonds is 8. The van der Waals surface area contributed by atoms with Gasteiger partial charge >= 0.3 is 5.97 Å². The molecule has 0 radical (unpaired) electrons. The van der Waals surface area contributed by atoms with Crippen molar-refractivity contribution in [2.75, 3.05) is 32.8 Å². The third kappa shape index (κ3) is 6.12. The van der Waals surface area contributed by atoms with Crippen molar-refractivity contribution >= 4 is 17.8 Å². The van der Waals surface area contributed by atoms with Gasteiger partial charge in [0.05, 0.1) is 19.6 Å². The molecule has 0 aromatic heterocycles. The van der Waals surface area contributed by atoms with Gasteiger partial charge in [0, 0.05) is 19.6 Å². The van der Waals surface area contributed by atoms with E-state index in [1.165, 1.54) is 0 Å². The Bertz CT molecular complexity index is 373. The Hall–Kier alpha value is -1.63. The van der Waals surface area contributed by atoms with Crippen LogP contribution >= 0.6 is 0 Å². The van der Waals surface area contributed by atoms with Crippen molar-refractivity contribution < 1.29 is 19.1 Å². The summed E-state index contributed by atoms with van der Waals surface area (Å²) in [5.74, 6) is -0.763. The molecule has 0 bridgehead atoms. The van der Waals surface area contributed by atoms with Gasteiger partial charge in [-0.15, -0.1) is 0 Å². The molecule has 7 heteroatoms. The van der Waals surface area contributed by atoms with Crippen molar-refractivity contribution in [1.82, 2.24) is 15.5 Å². The van der Waals surface area contributed by atoms with Gasteiger partial charge in [0.1, 0.15) is 6.04 Å². The molecule has 21 heavy (non-hydrogen) atoms. The van der Waals surface area contributed by atoms with Gasteiger partial charge in [0.25, 0.3) is 0 Å². The van der Waals surface area contributed by atoms with Gasteiger partial charge < -0.3 is 15.4 Å².